The fraction of sp³-hybridized carbons (Fsp3) is 0.286. The molecule has 0 fully saturated rings. The van der Waals surface area contributed by atoms with Gasteiger partial charge in [0.05, 0.1) is 0 Å². The van der Waals surface area contributed by atoms with E-state index >= 15 is 0 Å². The van der Waals surface area contributed by atoms with E-state index in [0.29, 0.717) is 0 Å². The summed E-state index contributed by atoms with van der Waals surface area (Å²) in [6.45, 7) is 6.46. The van der Waals surface area contributed by atoms with Crippen molar-refractivity contribution in [3.63, 3.8) is 0 Å². The molecule has 2 rings (SSSR count). The lowest BCUT2D eigenvalue weighted by molar-refractivity contribution is 0.568. The van der Waals surface area contributed by atoms with Gasteiger partial charge in [-0.25, -0.2) is 9.97 Å². The predicted octanol–water partition coefficient (Wildman–Crippen LogP) is 4.20. The van der Waals surface area contributed by atoms with Crippen LogP contribution < -0.4 is 0 Å². The van der Waals surface area contributed by atoms with Crippen molar-refractivity contribution in [1.29, 1.82) is 0 Å². The Balaban J connectivity index is 2.51. The van der Waals surface area contributed by atoms with E-state index in [1.807, 2.05) is 36.5 Å². The minimum Gasteiger partial charge on any atom is -0.237 e. The summed E-state index contributed by atoms with van der Waals surface area (Å²) < 4.78 is 1.02. The quantitative estimate of drug-likeness (QED) is 0.786. The first kappa shape index (κ1) is 12.2. The maximum absolute atomic E-state index is 4.63. The average Bonchev–Trinajstić information content (AvgIpc) is 2.29. The van der Waals surface area contributed by atoms with E-state index in [1.54, 1.807) is 0 Å². The van der Waals surface area contributed by atoms with Crippen LogP contribution in [0.25, 0.3) is 11.4 Å². The number of nitrogens with zero attached hydrogens (tertiary/aromatic N) is 2. The van der Waals surface area contributed by atoms with Crippen molar-refractivity contribution in [2.24, 2.45) is 0 Å². The van der Waals surface area contributed by atoms with Gasteiger partial charge in [0.25, 0.3) is 0 Å². The Bertz CT molecular complexity index is 530. The third-order valence-electron chi connectivity index (χ3n) is 2.54. The number of halogens is 1. The second-order valence-electron chi connectivity index (χ2n) is 5.00. The molecule has 0 aliphatic carbocycles. The summed E-state index contributed by atoms with van der Waals surface area (Å²) in [7, 11) is 0. The van der Waals surface area contributed by atoms with Crippen LogP contribution in [0.5, 0.6) is 0 Å². The summed E-state index contributed by atoms with van der Waals surface area (Å²) in [6.07, 6.45) is 1.82. The van der Waals surface area contributed by atoms with Crippen LogP contribution in [0.4, 0.5) is 0 Å². The van der Waals surface area contributed by atoms with Gasteiger partial charge in [0, 0.05) is 27.3 Å². The number of hydrogen-bond acceptors (Lipinski definition) is 2. The lowest BCUT2D eigenvalue weighted by atomic mass is 9.92. The number of aromatic nitrogens is 2. The molecule has 0 bridgehead atoms. The molecule has 0 aliphatic heterocycles. The van der Waals surface area contributed by atoms with Gasteiger partial charge in [-0.15, -0.1) is 0 Å². The molecule has 1 aromatic carbocycles. The molecular weight excluding hydrogens is 276 g/mol. The molecule has 0 unspecified atom stereocenters. The summed E-state index contributed by atoms with van der Waals surface area (Å²) in [5.41, 5.74) is 2.12. The molecule has 0 saturated carbocycles. The molecule has 0 amide bonds. The average molecular weight is 291 g/mol. The molecule has 1 heterocycles. The van der Waals surface area contributed by atoms with Gasteiger partial charge >= 0.3 is 0 Å². The maximum atomic E-state index is 4.63. The molecule has 2 aromatic rings. The summed E-state index contributed by atoms with van der Waals surface area (Å²) in [5, 5.41) is 0. The van der Waals surface area contributed by atoms with Gasteiger partial charge < -0.3 is 0 Å². The van der Waals surface area contributed by atoms with Crippen LogP contribution in [-0.4, -0.2) is 9.97 Å². The van der Waals surface area contributed by atoms with Gasteiger partial charge in [0.2, 0.25) is 0 Å². The summed E-state index contributed by atoms with van der Waals surface area (Å²) in [4.78, 5) is 8.98. The van der Waals surface area contributed by atoms with Crippen molar-refractivity contribution in [2.45, 2.75) is 26.2 Å². The summed E-state index contributed by atoms with van der Waals surface area (Å²) in [5.74, 6) is 0.768. The van der Waals surface area contributed by atoms with E-state index in [2.05, 4.69) is 46.7 Å². The smallest absolute Gasteiger partial charge is 0.160 e. The van der Waals surface area contributed by atoms with Crippen molar-refractivity contribution < 1.29 is 0 Å². The zero-order chi connectivity index (χ0) is 12.5. The van der Waals surface area contributed by atoms with Crippen molar-refractivity contribution in [3.8, 4) is 11.4 Å². The van der Waals surface area contributed by atoms with E-state index in [9.17, 15) is 0 Å². The van der Waals surface area contributed by atoms with E-state index in [0.717, 1.165) is 21.6 Å². The molecular formula is C14H15BrN2. The molecule has 1 aromatic heterocycles. The molecule has 2 nitrogen and oxygen atoms in total. The highest BCUT2D eigenvalue weighted by Gasteiger charge is 2.16. The minimum absolute atomic E-state index is 0.0406. The largest absolute Gasteiger partial charge is 0.237 e. The molecule has 0 N–H and O–H groups in total. The first-order valence-corrected chi connectivity index (χ1v) is 6.36. The van der Waals surface area contributed by atoms with Crippen LogP contribution >= 0.6 is 15.9 Å². The third-order valence-corrected chi connectivity index (χ3v) is 3.23. The Kier molecular flexibility index (Phi) is 3.29. The predicted molar refractivity (Wildman–Crippen MR) is 73.9 cm³/mol. The SMILES string of the molecule is CC(C)(C)c1ccnc(-c2ccccc2Br)n1. The topological polar surface area (TPSA) is 25.8 Å². The van der Waals surface area contributed by atoms with Crippen LogP contribution in [-0.2, 0) is 5.41 Å². The standard InChI is InChI=1S/C14H15BrN2/c1-14(2,3)12-8-9-16-13(17-12)10-6-4-5-7-11(10)15/h4-9H,1-3H3. The van der Waals surface area contributed by atoms with Gasteiger partial charge in [-0.05, 0) is 12.1 Å². The lowest BCUT2D eigenvalue weighted by Gasteiger charge is -2.18. The zero-order valence-electron chi connectivity index (χ0n) is 10.2. The van der Waals surface area contributed by atoms with Gasteiger partial charge in [-0.2, -0.15) is 0 Å². The Labute approximate surface area is 110 Å². The van der Waals surface area contributed by atoms with Crippen LogP contribution in [0.3, 0.4) is 0 Å². The van der Waals surface area contributed by atoms with Gasteiger partial charge in [-0.1, -0.05) is 54.9 Å². The molecule has 0 spiro atoms. The van der Waals surface area contributed by atoms with E-state index in [4.69, 9.17) is 0 Å². The van der Waals surface area contributed by atoms with Crippen molar-refractivity contribution in [1.82, 2.24) is 9.97 Å². The van der Waals surface area contributed by atoms with Crippen LogP contribution in [0, 0.1) is 0 Å². The lowest BCUT2D eigenvalue weighted by Crippen LogP contribution is -2.14. The Morgan fingerprint density at radius 3 is 2.41 bits per heavy atom. The van der Waals surface area contributed by atoms with Gasteiger partial charge in [0.15, 0.2) is 5.82 Å². The molecule has 0 radical (unpaired) electrons. The Hall–Kier alpha value is -1.22. The van der Waals surface area contributed by atoms with Crippen molar-refractivity contribution >= 4 is 15.9 Å². The fourth-order valence-electron chi connectivity index (χ4n) is 1.55. The normalized spacial score (nSPS) is 11.5. The first-order valence-electron chi connectivity index (χ1n) is 5.57. The molecule has 0 atom stereocenters. The van der Waals surface area contributed by atoms with Gasteiger partial charge in [-0.3, -0.25) is 0 Å². The summed E-state index contributed by atoms with van der Waals surface area (Å²) >= 11 is 3.53. The van der Waals surface area contributed by atoms with E-state index in [-0.39, 0.29) is 5.41 Å². The summed E-state index contributed by atoms with van der Waals surface area (Å²) in [6, 6.07) is 9.98. The molecule has 17 heavy (non-hydrogen) atoms. The monoisotopic (exact) mass is 290 g/mol. The van der Waals surface area contributed by atoms with Crippen molar-refractivity contribution in [2.75, 3.05) is 0 Å². The van der Waals surface area contributed by atoms with Crippen LogP contribution in [0.1, 0.15) is 26.5 Å². The van der Waals surface area contributed by atoms with Crippen LogP contribution in [0.15, 0.2) is 41.0 Å². The molecule has 3 heteroatoms. The highest BCUT2D eigenvalue weighted by Crippen LogP contribution is 2.27. The fourth-order valence-corrected chi connectivity index (χ4v) is 2.01. The Morgan fingerprint density at radius 2 is 1.76 bits per heavy atom. The molecule has 88 valence electrons. The highest BCUT2D eigenvalue weighted by atomic mass is 79.9. The number of hydrogen-bond donors (Lipinski definition) is 0. The zero-order valence-corrected chi connectivity index (χ0v) is 11.8. The van der Waals surface area contributed by atoms with E-state index < -0.39 is 0 Å². The second-order valence-corrected chi connectivity index (χ2v) is 5.85. The minimum atomic E-state index is 0.0406. The molecule has 0 saturated heterocycles. The number of benzene rings is 1. The Morgan fingerprint density at radius 1 is 1.06 bits per heavy atom. The molecule has 0 aliphatic rings. The van der Waals surface area contributed by atoms with E-state index in [1.165, 1.54) is 0 Å². The number of rotatable bonds is 1. The highest BCUT2D eigenvalue weighted by molar-refractivity contribution is 9.10. The van der Waals surface area contributed by atoms with Crippen molar-refractivity contribution in [3.05, 3.63) is 46.7 Å². The third kappa shape index (κ3) is 2.72. The van der Waals surface area contributed by atoms with Crippen LogP contribution in [0.2, 0.25) is 0 Å². The van der Waals surface area contributed by atoms with Gasteiger partial charge in [0.1, 0.15) is 0 Å². The maximum Gasteiger partial charge on any atom is 0.160 e. The first-order chi connectivity index (χ1) is 7.98. The second kappa shape index (κ2) is 4.57.